The molecule has 3 aromatic rings. The number of fused-ring (bicyclic) bond motifs is 1. The van der Waals surface area contributed by atoms with Crippen molar-refractivity contribution >= 4 is 43.2 Å². The van der Waals surface area contributed by atoms with Crippen molar-refractivity contribution in [2.24, 2.45) is 0 Å². The normalized spacial score (nSPS) is 13.2. The predicted octanol–water partition coefficient (Wildman–Crippen LogP) is 4.76. The highest BCUT2D eigenvalue weighted by molar-refractivity contribution is 9.10. The first-order valence-corrected chi connectivity index (χ1v) is 11.4. The fourth-order valence-corrected chi connectivity index (χ4v) is 5.47. The fourth-order valence-electron chi connectivity index (χ4n) is 3.44. The summed E-state index contributed by atoms with van der Waals surface area (Å²) in [6.07, 6.45) is 0.679. The second-order valence-corrected chi connectivity index (χ2v) is 9.68. The standard InChI is InChI=1S/C22H19BrN2O3S/c1-15-13-18(23)9-10-20(15)24-22(26)17-6-4-7-19(14-17)29(27,28)25-12-11-16-5-2-3-8-21(16)25/h2-10,13-14H,11-12H2,1H3,(H,24,26). The lowest BCUT2D eigenvalue weighted by molar-refractivity contribution is 0.102. The first-order chi connectivity index (χ1) is 13.9. The van der Waals surface area contributed by atoms with Gasteiger partial charge in [-0.1, -0.05) is 40.2 Å². The van der Waals surface area contributed by atoms with Crippen LogP contribution in [0.3, 0.4) is 0 Å². The van der Waals surface area contributed by atoms with E-state index in [1.54, 1.807) is 18.2 Å². The van der Waals surface area contributed by atoms with E-state index in [0.29, 0.717) is 29.9 Å². The van der Waals surface area contributed by atoms with Crippen molar-refractivity contribution in [3.63, 3.8) is 0 Å². The van der Waals surface area contributed by atoms with E-state index in [1.807, 2.05) is 43.3 Å². The van der Waals surface area contributed by atoms with Gasteiger partial charge in [0.05, 0.1) is 10.6 Å². The van der Waals surface area contributed by atoms with Gasteiger partial charge in [0.1, 0.15) is 0 Å². The number of nitrogens with one attached hydrogen (secondary N) is 1. The summed E-state index contributed by atoms with van der Waals surface area (Å²) in [5.41, 5.74) is 3.59. The van der Waals surface area contributed by atoms with Gasteiger partial charge in [-0.25, -0.2) is 8.42 Å². The lowest BCUT2D eigenvalue weighted by Gasteiger charge is -2.20. The van der Waals surface area contributed by atoms with Gasteiger partial charge in [-0.05, 0) is 66.9 Å². The molecule has 0 aromatic heterocycles. The summed E-state index contributed by atoms with van der Waals surface area (Å²) >= 11 is 3.40. The molecule has 4 rings (SSSR count). The van der Waals surface area contributed by atoms with Crippen LogP contribution in [0.4, 0.5) is 11.4 Å². The highest BCUT2D eigenvalue weighted by atomic mass is 79.9. The van der Waals surface area contributed by atoms with Crippen molar-refractivity contribution in [3.8, 4) is 0 Å². The summed E-state index contributed by atoms with van der Waals surface area (Å²) < 4.78 is 28.8. The highest BCUT2D eigenvalue weighted by Gasteiger charge is 2.30. The number of amides is 1. The molecular formula is C22H19BrN2O3S. The average Bonchev–Trinajstić information content (AvgIpc) is 3.15. The van der Waals surface area contributed by atoms with E-state index in [4.69, 9.17) is 0 Å². The number of hydrogen-bond acceptors (Lipinski definition) is 3. The summed E-state index contributed by atoms with van der Waals surface area (Å²) in [5.74, 6) is -0.353. The highest BCUT2D eigenvalue weighted by Crippen LogP contribution is 2.32. The molecule has 29 heavy (non-hydrogen) atoms. The van der Waals surface area contributed by atoms with E-state index in [-0.39, 0.29) is 10.8 Å². The third-order valence-electron chi connectivity index (χ3n) is 4.97. The molecule has 7 heteroatoms. The van der Waals surface area contributed by atoms with Crippen LogP contribution in [0.1, 0.15) is 21.5 Å². The Kier molecular flexibility index (Phi) is 5.19. The molecule has 1 aliphatic heterocycles. The maximum Gasteiger partial charge on any atom is 0.264 e. The van der Waals surface area contributed by atoms with Crippen molar-refractivity contribution in [3.05, 3.63) is 87.9 Å². The minimum absolute atomic E-state index is 0.106. The summed E-state index contributed by atoms with van der Waals surface area (Å²) in [7, 11) is -3.75. The Morgan fingerprint density at radius 3 is 2.62 bits per heavy atom. The van der Waals surface area contributed by atoms with Gasteiger partial charge < -0.3 is 5.32 Å². The number of aryl methyl sites for hydroxylation is 1. The quantitative estimate of drug-likeness (QED) is 0.597. The molecule has 1 aliphatic rings. The lowest BCUT2D eigenvalue weighted by Crippen LogP contribution is -2.29. The van der Waals surface area contributed by atoms with E-state index >= 15 is 0 Å². The Morgan fingerprint density at radius 2 is 1.83 bits per heavy atom. The number of benzene rings is 3. The van der Waals surface area contributed by atoms with Crippen LogP contribution in [0.15, 0.2) is 76.1 Å². The molecule has 0 saturated carbocycles. The van der Waals surface area contributed by atoms with Gasteiger partial charge in [0.2, 0.25) is 0 Å². The van der Waals surface area contributed by atoms with Crippen LogP contribution in [0.2, 0.25) is 0 Å². The number of halogens is 1. The second-order valence-electron chi connectivity index (χ2n) is 6.90. The topological polar surface area (TPSA) is 66.5 Å². The first-order valence-electron chi connectivity index (χ1n) is 9.14. The van der Waals surface area contributed by atoms with Crippen LogP contribution in [0.5, 0.6) is 0 Å². The van der Waals surface area contributed by atoms with Crippen molar-refractivity contribution in [1.82, 2.24) is 0 Å². The minimum Gasteiger partial charge on any atom is -0.322 e. The van der Waals surface area contributed by atoms with Crippen molar-refractivity contribution < 1.29 is 13.2 Å². The predicted molar refractivity (Wildman–Crippen MR) is 118 cm³/mol. The SMILES string of the molecule is Cc1cc(Br)ccc1NC(=O)c1cccc(S(=O)(=O)N2CCc3ccccc32)c1. The number of anilines is 2. The largest absolute Gasteiger partial charge is 0.322 e. The minimum atomic E-state index is -3.75. The van der Waals surface area contributed by atoms with Crippen molar-refractivity contribution in [1.29, 1.82) is 0 Å². The van der Waals surface area contributed by atoms with Gasteiger partial charge in [-0.15, -0.1) is 0 Å². The smallest absolute Gasteiger partial charge is 0.264 e. The molecule has 0 aliphatic carbocycles. The van der Waals surface area contributed by atoms with E-state index in [1.165, 1.54) is 16.4 Å². The molecule has 1 N–H and O–H groups in total. The molecule has 0 spiro atoms. The molecule has 0 atom stereocenters. The van der Waals surface area contributed by atoms with Gasteiger partial charge in [0.25, 0.3) is 15.9 Å². The van der Waals surface area contributed by atoms with Crippen LogP contribution in [0, 0.1) is 6.92 Å². The summed E-state index contributed by atoms with van der Waals surface area (Å²) in [6, 6.07) is 19.2. The van der Waals surface area contributed by atoms with Crippen molar-refractivity contribution in [2.75, 3.05) is 16.2 Å². The maximum atomic E-state index is 13.2. The molecule has 0 saturated heterocycles. The Morgan fingerprint density at radius 1 is 1.03 bits per heavy atom. The van der Waals surface area contributed by atoms with E-state index in [9.17, 15) is 13.2 Å². The molecule has 148 valence electrons. The zero-order chi connectivity index (χ0) is 20.6. The molecule has 0 fully saturated rings. The average molecular weight is 471 g/mol. The van der Waals surface area contributed by atoms with E-state index in [2.05, 4.69) is 21.2 Å². The summed E-state index contributed by atoms with van der Waals surface area (Å²) in [5, 5.41) is 2.85. The van der Waals surface area contributed by atoms with Crippen LogP contribution in [0.25, 0.3) is 0 Å². The monoisotopic (exact) mass is 470 g/mol. The third-order valence-corrected chi connectivity index (χ3v) is 7.27. The first kappa shape index (κ1) is 19.7. The molecule has 1 heterocycles. The van der Waals surface area contributed by atoms with Crippen LogP contribution < -0.4 is 9.62 Å². The Bertz CT molecular complexity index is 1210. The number of sulfonamides is 1. The van der Waals surface area contributed by atoms with Crippen LogP contribution >= 0.6 is 15.9 Å². The molecule has 0 unspecified atom stereocenters. The molecule has 5 nitrogen and oxygen atoms in total. The second kappa shape index (κ2) is 7.65. The Labute approximate surface area is 178 Å². The zero-order valence-corrected chi connectivity index (χ0v) is 18.1. The maximum absolute atomic E-state index is 13.2. The molecule has 1 amide bonds. The van der Waals surface area contributed by atoms with E-state index < -0.39 is 10.0 Å². The lowest BCUT2D eigenvalue weighted by atomic mass is 10.1. The van der Waals surface area contributed by atoms with E-state index in [0.717, 1.165) is 15.6 Å². The molecule has 3 aromatic carbocycles. The number of carbonyl (C=O) groups is 1. The van der Waals surface area contributed by atoms with Gasteiger partial charge in [0, 0.05) is 22.3 Å². The summed E-state index contributed by atoms with van der Waals surface area (Å²) in [6.45, 7) is 2.29. The number of carbonyl (C=O) groups excluding carboxylic acids is 1. The molecular weight excluding hydrogens is 452 g/mol. The van der Waals surface area contributed by atoms with Crippen LogP contribution in [-0.2, 0) is 16.4 Å². The van der Waals surface area contributed by atoms with Crippen molar-refractivity contribution in [2.45, 2.75) is 18.2 Å². The molecule has 0 radical (unpaired) electrons. The Balaban J connectivity index is 1.62. The van der Waals surface area contributed by atoms with Crippen LogP contribution in [-0.4, -0.2) is 20.9 Å². The number of hydrogen-bond donors (Lipinski definition) is 1. The van der Waals surface area contributed by atoms with Gasteiger partial charge in [-0.2, -0.15) is 0 Å². The number of para-hydroxylation sites is 1. The Hall–Kier alpha value is -2.64. The summed E-state index contributed by atoms with van der Waals surface area (Å²) in [4.78, 5) is 12.8. The third kappa shape index (κ3) is 3.80. The number of nitrogens with zero attached hydrogens (tertiary/aromatic N) is 1. The van der Waals surface area contributed by atoms with Gasteiger partial charge in [0.15, 0.2) is 0 Å². The zero-order valence-electron chi connectivity index (χ0n) is 15.7. The fraction of sp³-hybridized carbons (Fsp3) is 0.136. The number of rotatable bonds is 4. The van der Waals surface area contributed by atoms with Gasteiger partial charge >= 0.3 is 0 Å². The van der Waals surface area contributed by atoms with Gasteiger partial charge in [-0.3, -0.25) is 9.10 Å². The molecule has 0 bridgehead atoms.